The molecule has 2 aromatic carbocycles. The lowest BCUT2D eigenvalue weighted by Crippen LogP contribution is -1.99. The van der Waals surface area contributed by atoms with Crippen molar-refractivity contribution in [2.45, 2.75) is 19.4 Å². The Hall–Kier alpha value is -1.80. The maximum Gasteiger partial charge on any atom is 0.119 e. The fourth-order valence-electron chi connectivity index (χ4n) is 1.74. The normalized spacial score (nSPS) is 12.1. The van der Waals surface area contributed by atoms with E-state index >= 15 is 0 Å². The molecule has 0 radical (unpaired) electrons. The van der Waals surface area contributed by atoms with Crippen LogP contribution in [-0.2, 0) is 6.61 Å². The number of benzene rings is 2. The average Bonchev–Trinajstić information content (AvgIpc) is 2.46. The van der Waals surface area contributed by atoms with Crippen LogP contribution in [0.25, 0.3) is 0 Å². The molecule has 2 nitrogen and oxygen atoms in total. The van der Waals surface area contributed by atoms with Gasteiger partial charge in [-0.3, -0.25) is 0 Å². The molecule has 94 valence electrons. The third kappa shape index (κ3) is 3.34. The molecule has 0 saturated carbocycles. The number of rotatable bonds is 5. The van der Waals surface area contributed by atoms with Crippen LogP contribution in [0, 0.1) is 0 Å². The topological polar surface area (TPSA) is 29.5 Å². The highest BCUT2D eigenvalue weighted by atomic mass is 16.5. The van der Waals surface area contributed by atoms with E-state index in [0.717, 1.165) is 16.9 Å². The summed E-state index contributed by atoms with van der Waals surface area (Å²) in [4.78, 5) is 0. The van der Waals surface area contributed by atoms with Gasteiger partial charge in [0.15, 0.2) is 0 Å². The van der Waals surface area contributed by atoms with Gasteiger partial charge in [0.05, 0.1) is 0 Å². The molecule has 18 heavy (non-hydrogen) atoms. The van der Waals surface area contributed by atoms with E-state index in [0.29, 0.717) is 6.61 Å². The molecule has 0 aliphatic carbocycles. The first-order valence-electron chi connectivity index (χ1n) is 6.17. The summed E-state index contributed by atoms with van der Waals surface area (Å²) in [5.41, 5.74) is 2.29. The predicted molar refractivity (Wildman–Crippen MR) is 72.7 cm³/mol. The summed E-state index contributed by atoms with van der Waals surface area (Å²) in [7, 11) is 0. The van der Waals surface area contributed by atoms with Gasteiger partial charge in [0.2, 0.25) is 0 Å². The summed E-state index contributed by atoms with van der Waals surface area (Å²) in [5.74, 6) is 1.03. The molecule has 0 saturated heterocycles. The Morgan fingerprint density at radius 3 is 2.28 bits per heavy atom. The number of hydrogen-bond donors (Lipinski definition) is 1. The molecule has 2 heteroatoms. The van der Waals surface area contributed by atoms with Crippen LogP contribution in [0.4, 0.5) is 0 Å². The molecule has 0 bridgehead atoms. The SMILES string of the molecule is CC(CO)c1ccc(OCc2ccccc2)cc1. The number of aliphatic hydroxyl groups is 1. The highest BCUT2D eigenvalue weighted by molar-refractivity contribution is 5.29. The van der Waals surface area contributed by atoms with Crippen LogP contribution in [0.3, 0.4) is 0 Å². The molecule has 0 aliphatic rings. The average molecular weight is 242 g/mol. The molecule has 0 heterocycles. The van der Waals surface area contributed by atoms with Crippen molar-refractivity contribution in [3.05, 3.63) is 65.7 Å². The zero-order valence-electron chi connectivity index (χ0n) is 10.5. The molecule has 2 rings (SSSR count). The van der Waals surface area contributed by atoms with E-state index in [1.54, 1.807) is 0 Å². The highest BCUT2D eigenvalue weighted by Gasteiger charge is 2.03. The minimum absolute atomic E-state index is 0.171. The fraction of sp³-hybridized carbons (Fsp3) is 0.250. The fourth-order valence-corrected chi connectivity index (χ4v) is 1.74. The molecule has 0 spiro atoms. The van der Waals surface area contributed by atoms with E-state index in [2.05, 4.69) is 0 Å². The maximum atomic E-state index is 9.08. The van der Waals surface area contributed by atoms with Crippen LogP contribution in [0.2, 0.25) is 0 Å². The van der Waals surface area contributed by atoms with Crippen molar-refractivity contribution in [2.75, 3.05) is 6.61 Å². The van der Waals surface area contributed by atoms with Crippen LogP contribution in [0.5, 0.6) is 5.75 Å². The quantitative estimate of drug-likeness (QED) is 0.871. The van der Waals surface area contributed by atoms with E-state index in [4.69, 9.17) is 9.84 Å². The lowest BCUT2D eigenvalue weighted by molar-refractivity contribution is 0.272. The van der Waals surface area contributed by atoms with Gasteiger partial charge in [-0.25, -0.2) is 0 Å². The highest BCUT2D eigenvalue weighted by Crippen LogP contribution is 2.19. The van der Waals surface area contributed by atoms with Crippen LogP contribution >= 0.6 is 0 Å². The van der Waals surface area contributed by atoms with Gasteiger partial charge >= 0.3 is 0 Å². The first kappa shape index (κ1) is 12.7. The second-order valence-electron chi connectivity index (χ2n) is 4.43. The minimum atomic E-state index is 0.171. The largest absolute Gasteiger partial charge is 0.489 e. The van der Waals surface area contributed by atoms with Crippen LogP contribution in [0.15, 0.2) is 54.6 Å². The molecule has 1 N–H and O–H groups in total. The summed E-state index contributed by atoms with van der Waals surface area (Å²) in [6.07, 6.45) is 0. The summed E-state index contributed by atoms with van der Waals surface area (Å²) in [6.45, 7) is 2.75. The molecule has 2 aromatic rings. The Morgan fingerprint density at radius 2 is 1.67 bits per heavy atom. The van der Waals surface area contributed by atoms with Crippen molar-refractivity contribution in [2.24, 2.45) is 0 Å². The van der Waals surface area contributed by atoms with Gasteiger partial charge in [0.25, 0.3) is 0 Å². The molecule has 1 atom stereocenters. The van der Waals surface area contributed by atoms with Gasteiger partial charge < -0.3 is 9.84 Å². The van der Waals surface area contributed by atoms with Gasteiger partial charge in [-0.15, -0.1) is 0 Å². The predicted octanol–water partition coefficient (Wildman–Crippen LogP) is 3.36. The van der Waals surface area contributed by atoms with E-state index in [9.17, 15) is 0 Å². The summed E-state index contributed by atoms with van der Waals surface area (Å²) in [5, 5.41) is 9.08. The lowest BCUT2D eigenvalue weighted by atomic mass is 10.0. The second-order valence-corrected chi connectivity index (χ2v) is 4.43. The lowest BCUT2D eigenvalue weighted by Gasteiger charge is -2.10. The van der Waals surface area contributed by atoms with Gasteiger partial charge in [-0.1, -0.05) is 49.4 Å². The molecule has 1 unspecified atom stereocenters. The second kappa shape index (κ2) is 6.22. The first-order valence-corrected chi connectivity index (χ1v) is 6.17. The summed E-state index contributed by atoms with van der Waals surface area (Å²) >= 11 is 0. The Kier molecular flexibility index (Phi) is 4.37. The van der Waals surface area contributed by atoms with E-state index in [1.165, 1.54) is 0 Å². The Labute approximate surface area is 108 Å². The zero-order valence-corrected chi connectivity index (χ0v) is 10.5. The molecule has 0 aromatic heterocycles. The Balaban J connectivity index is 1.94. The monoisotopic (exact) mass is 242 g/mol. The van der Waals surface area contributed by atoms with Crippen molar-refractivity contribution in [1.82, 2.24) is 0 Å². The molecule has 0 amide bonds. The van der Waals surface area contributed by atoms with Crippen molar-refractivity contribution >= 4 is 0 Å². The third-order valence-corrected chi connectivity index (χ3v) is 2.97. The number of aliphatic hydroxyl groups excluding tert-OH is 1. The Bertz CT molecular complexity index is 462. The van der Waals surface area contributed by atoms with Crippen molar-refractivity contribution in [3.63, 3.8) is 0 Å². The zero-order chi connectivity index (χ0) is 12.8. The number of ether oxygens (including phenoxy) is 1. The van der Waals surface area contributed by atoms with Crippen LogP contribution in [0.1, 0.15) is 24.0 Å². The van der Waals surface area contributed by atoms with Gasteiger partial charge in [0.1, 0.15) is 12.4 Å². The molecular formula is C16H18O2. The summed E-state index contributed by atoms with van der Waals surface area (Å²) < 4.78 is 5.70. The van der Waals surface area contributed by atoms with Gasteiger partial charge in [-0.05, 0) is 23.3 Å². The Morgan fingerprint density at radius 1 is 1.00 bits per heavy atom. The maximum absolute atomic E-state index is 9.08. The van der Waals surface area contributed by atoms with E-state index in [-0.39, 0.29) is 12.5 Å². The minimum Gasteiger partial charge on any atom is -0.489 e. The first-order chi connectivity index (χ1) is 8.79. The van der Waals surface area contributed by atoms with Crippen LogP contribution in [-0.4, -0.2) is 11.7 Å². The van der Waals surface area contributed by atoms with E-state index < -0.39 is 0 Å². The number of hydrogen-bond acceptors (Lipinski definition) is 2. The molecule has 0 aliphatic heterocycles. The van der Waals surface area contributed by atoms with Gasteiger partial charge in [-0.2, -0.15) is 0 Å². The molecule has 0 fully saturated rings. The van der Waals surface area contributed by atoms with Crippen LogP contribution < -0.4 is 4.74 Å². The van der Waals surface area contributed by atoms with Gasteiger partial charge in [0, 0.05) is 12.5 Å². The van der Waals surface area contributed by atoms with Crippen molar-refractivity contribution in [1.29, 1.82) is 0 Å². The smallest absolute Gasteiger partial charge is 0.119 e. The van der Waals surface area contributed by atoms with Crippen molar-refractivity contribution < 1.29 is 9.84 Å². The third-order valence-electron chi connectivity index (χ3n) is 2.97. The van der Waals surface area contributed by atoms with E-state index in [1.807, 2.05) is 61.5 Å². The van der Waals surface area contributed by atoms with Crippen molar-refractivity contribution in [3.8, 4) is 5.75 Å². The summed E-state index contributed by atoms with van der Waals surface area (Å²) in [6, 6.07) is 18.0. The standard InChI is InChI=1S/C16H18O2/c1-13(11-17)15-7-9-16(10-8-15)18-12-14-5-3-2-4-6-14/h2-10,13,17H,11-12H2,1H3. The molecular weight excluding hydrogens is 224 g/mol.